The minimum Gasteiger partial charge on any atom is -0.378 e. The molecule has 0 aliphatic heterocycles. The fourth-order valence-corrected chi connectivity index (χ4v) is 1.94. The molecule has 0 radical (unpaired) electrons. The molecule has 20 heavy (non-hydrogen) atoms. The zero-order valence-electron chi connectivity index (χ0n) is 12.4. The van der Waals surface area contributed by atoms with Crippen molar-refractivity contribution in [3.63, 3.8) is 0 Å². The molecule has 0 bridgehead atoms. The van der Waals surface area contributed by atoms with Crippen LogP contribution in [0, 0.1) is 0 Å². The van der Waals surface area contributed by atoms with Gasteiger partial charge in [-0.1, -0.05) is 18.2 Å². The highest BCUT2D eigenvalue weighted by Gasteiger charge is 2.06. The van der Waals surface area contributed by atoms with Crippen LogP contribution in [-0.4, -0.2) is 18.7 Å². The van der Waals surface area contributed by atoms with E-state index >= 15 is 0 Å². The third kappa shape index (κ3) is 2.96. The first-order valence-electron chi connectivity index (χ1n) is 6.50. The van der Waals surface area contributed by atoms with Crippen LogP contribution in [0.3, 0.4) is 0 Å². The Morgan fingerprint density at radius 3 is 2.35 bits per heavy atom. The highest BCUT2D eigenvalue weighted by atomic mass is 16.1. The second-order valence-electron chi connectivity index (χ2n) is 5.01. The molecule has 2 aromatic rings. The number of hydrogen-bond acceptors (Lipinski definition) is 2. The van der Waals surface area contributed by atoms with E-state index in [9.17, 15) is 4.79 Å². The summed E-state index contributed by atoms with van der Waals surface area (Å²) in [6, 6.07) is 10.2. The maximum absolute atomic E-state index is 11.8. The van der Waals surface area contributed by atoms with Gasteiger partial charge in [0.25, 0.3) is 0 Å². The Morgan fingerprint density at radius 2 is 1.75 bits per heavy atom. The van der Waals surface area contributed by atoms with Crippen molar-refractivity contribution in [2.75, 3.05) is 19.0 Å². The highest BCUT2D eigenvalue weighted by Crippen LogP contribution is 2.14. The Morgan fingerprint density at radius 1 is 1.10 bits per heavy atom. The van der Waals surface area contributed by atoms with E-state index in [1.807, 2.05) is 32.3 Å². The van der Waals surface area contributed by atoms with E-state index in [0.29, 0.717) is 0 Å². The van der Waals surface area contributed by atoms with Crippen molar-refractivity contribution in [3.05, 3.63) is 58.3 Å². The maximum atomic E-state index is 11.8. The molecule has 0 saturated heterocycles. The van der Waals surface area contributed by atoms with Crippen LogP contribution >= 0.6 is 0 Å². The van der Waals surface area contributed by atoms with Crippen molar-refractivity contribution in [3.8, 4) is 0 Å². The molecule has 0 aliphatic carbocycles. The largest absolute Gasteiger partial charge is 0.497 e. The smallest absolute Gasteiger partial charge is 0.378 e. The molecule has 1 aromatic carbocycles. The molecular weight excluding hydrogens is 250 g/mol. The van der Waals surface area contributed by atoms with Gasteiger partial charge in [0.05, 0.1) is 20.3 Å². The third-order valence-corrected chi connectivity index (χ3v) is 3.30. The number of nitrogens with zero attached hydrogens (tertiary/aromatic N) is 3. The summed E-state index contributed by atoms with van der Waals surface area (Å²) in [4.78, 5) is 13.9. The number of aryl methyl sites for hydroxylation is 1. The minimum atomic E-state index is -0.0323. The molecule has 0 aliphatic rings. The molecule has 2 rings (SSSR count). The summed E-state index contributed by atoms with van der Waals surface area (Å²) >= 11 is 0. The van der Waals surface area contributed by atoms with Gasteiger partial charge in [-0.25, -0.2) is 4.57 Å². The monoisotopic (exact) mass is 270 g/mol. The van der Waals surface area contributed by atoms with Gasteiger partial charge in [0, 0.05) is 25.8 Å². The molecule has 1 heterocycles. The summed E-state index contributed by atoms with van der Waals surface area (Å²) in [6.45, 7) is 0. The van der Waals surface area contributed by atoms with Crippen LogP contribution < -0.4 is 15.2 Å². The van der Waals surface area contributed by atoms with Crippen molar-refractivity contribution < 1.29 is 4.57 Å². The lowest BCUT2D eigenvalue weighted by molar-refractivity contribution is -0.690. The minimum absolute atomic E-state index is 0.0323. The van der Waals surface area contributed by atoms with Gasteiger partial charge in [-0.2, -0.15) is 9.36 Å². The van der Waals surface area contributed by atoms with Gasteiger partial charge in [-0.05, 0) is 23.8 Å². The summed E-state index contributed by atoms with van der Waals surface area (Å²) in [5.41, 5.74) is 3.12. The lowest BCUT2D eigenvalue weighted by atomic mass is 10.1. The lowest BCUT2D eigenvalue weighted by Gasteiger charge is -2.11. The summed E-state index contributed by atoms with van der Waals surface area (Å²) in [6.07, 6.45) is 5.73. The van der Waals surface area contributed by atoms with Crippen LogP contribution in [0.1, 0.15) is 11.3 Å². The second kappa shape index (κ2) is 5.74. The molecule has 4 heteroatoms. The number of anilines is 1. The maximum Gasteiger partial charge on any atom is 0.497 e. The van der Waals surface area contributed by atoms with Gasteiger partial charge in [0.1, 0.15) is 5.69 Å². The summed E-state index contributed by atoms with van der Waals surface area (Å²) in [5, 5.41) is 0. The van der Waals surface area contributed by atoms with Crippen LogP contribution in [0.15, 0.2) is 41.3 Å². The van der Waals surface area contributed by atoms with Gasteiger partial charge in [-0.3, -0.25) is 0 Å². The van der Waals surface area contributed by atoms with E-state index in [0.717, 1.165) is 11.3 Å². The molecule has 0 amide bonds. The fraction of sp³-hybridized carbons (Fsp3) is 0.250. The molecule has 0 fully saturated rings. The van der Waals surface area contributed by atoms with Crippen molar-refractivity contribution in [1.29, 1.82) is 0 Å². The van der Waals surface area contributed by atoms with E-state index in [4.69, 9.17) is 0 Å². The average molecular weight is 270 g/mol. The second-order valence-corrected chi connectivity index (χ2v) is 5.01. The van der Waals surface area contributed by atoms with Crippen LogP contribution in [0.4, 0.5) is 5.69 Å². The zero-order chi connectivity index (χ0) is 14.7. The summed E-state index contributed by atoms with van der Waals surface area (Å²) < 4.78 is 3.19. The predicted molar refractivity (Wildman–Crippen MR) is 82.6 cm³/mol. The van der Waals surface area contributed by atoms with E-state index in [1.54, 1.807) is 29.4 Å². The Balaban J connectivity index is 2.25. The van der Waals surface area contributed by atoms with Gasteiger partial charge in [0.2, 0.25) is 0 Å². The molecule has 4 nitrogen and oxygen atoms in total. The summed E-state index contributed by atoms with van der Waals surface area (Å²) in [5.74, 6) is 0. The average Bonchev–Trinajstić information content (AvgIpc) is 2.44. The number of hydrogen-bond donors (Lipinski definition) is 0. The van der Waals surface area contributed by atoms with Crippen molar-refractivity contribution in [2.45, 2.75) is 0 Å². The van der Waals surface area contributed by atoms with Crippen LogP contribution in [0.2, 0.25) is 0 Å². The number of benzene rings is 1. The van der Waals surface area contributed by atoms with Crippen molar-refractivity contribution >= 4 is 17.8 Å². The first-order valence-corrected chi connectivity index (χ1v) is 6.50. The zero-order valence-corrected chi connectivity index (χ0v) is 12.4. The van der Waals surface area contributed by atoms with E-state index in [1.165, 1.54) is 5.69 Å². The molecule has 104 valence electrons. The normalized spacial score (nSPS) is 11.0. The van der Waals surface area contributed by atoms with E-state index < -0.39 is 0 Å². The molecule has 1 aromatic heterocycles. The van der Waals surface area contributed by atoms with Crippen molar-refractivity contribution in [2.24, 2.45) is 14.1 Å². The van der Waals surface area contributed by atoms with Gasteiger partial charge < -0.3 is 4.90 Å². The number of rotatable bonds is 3. The van der Waals surface area contributed by atoms with Gasteiger partial charge in [0.15, 0.2) is 0 Å². The first-order chi connectivity index (χ1) is 9.49. The SMILES string of the molecule is CN(C)c1ccc(/C=C/c2cc[n+](C)c(=O)n2C)cc1. The van der Waals surface area contributed by atoms with E-state index in [2.05, 4.69) is 29.2 Å². The Hall–Kier alpha value is -2.36. The van der Waals surface area contributed by atoms with Crippen LogP contribution in [0.25, 0.3) is 12.2 Å². The predicted octanol–water partition coefficient (Wildman–Crippen LogP) is 1.45. The summed E-state index contributed by atoms with van der Waals surface area (Å²) in [7, 11) is 7.56. The highest BCUT2D eigenvalue weighted by molar-refractivity contribution is 5.69. The molecule has 0 spiro atoms. The molecule has 0 unspecified atom stereocenters. The Bertz CT molecular complexity index is 682. The van der Waals surface area contributed by atoms with Gasteiger partial charge in [-0.15, -0.1) is 0 Å². The van der Waals surface area contributed by atoms with Crippen LogP contribution in [-0.2, 0) is 14.1 Å². The Kier molecular flexibility index (Phi) is 4.03. The quantitative estimate of drug-likeness (QED) is 0.790. The third-order valence-electron chi connectivity index (χ3n) is 3.30. The fourth-order valence-electron chi connectivity index (χ4n) is 1.94. The molecular formula is C16H20N3O+. The Labute approximate surface area is 119 Å². The number of aromatic nitrogens is 2. The standard InChI is InChI=1S/C16H20N3O/c1-17(2)14-8-5-13(6-9-14)7-10-15-11-12-18(3)16(20)19(15)4/h5-12H,1-4H3/q+1. The molecule has 0 atom stereocenters. The van der Waals surface area contributed by atoms with Crippen molar-refractivity contribution in [1.82, 2.24) is 4.57 Å². The molecule has 0 N–H and O–H groups in total. The topological polar surface area (TPSA) is 29.1 Å². The van der Waals surface area contributed by atoms with Gasteiger partial charge >= 0.3 is 5.69 Å². The lowest BCUT2D eigenvalue weighted by Crippen LogP contribution is -2.50. The first kappa shape index (κ1) is 14.1. The molecule has 0 saturated carbocycles. The van der Waals surface area contributed by atoms with E-state index in [-0.39, 0.29) is 5.69 Å². The van der Waals surface area contributed by atoms with Crippen LogP contribution in [0.5, 0.6) is 0 Å².